The number of methoxy groups -OCH3 is 1. The number of thioether (sulfide) groups is 1. The summed E-state index contributed by atoms with van der Waals surface area (Å²) in [5.74, 6) is 0.652. The minimum absolute atomic E-state index is 0.182. The molecule has 0 saturated heterocycles. The van der Waals surface area contributed by atoms with E-state index in [2.05, 4.69) is 12.6 Å². The van der Waals surface area contributed by atoms with E-state index in [0.29, 0.717) is 11.4 Å². The molecule has 1 heterocycles. The van der Waals surface area contributed by atoms with Gasteiger partial charge in [-0.15, -0.1) is 24.4 Å². The molecular weight excluding hydrogens is 438 g/mol. The van der Waals surface area contributed by atoms with Gasteiger partial charge < -0.3 is 10.5 Å². The highest BCUT2D eigenvalue weighted by atomic mass is 35.5. The zero-order valence-corrected chi connectivity index (χ0v) is 18.5. The Morgan fingerprint density at radius 2 is 1.93 bits per heavy atom. The Labute approximate surface area is 189 Å². The van der Waals surface area contributed by atoms with Crippen LogP contribution in [0.4, 0.5) is 11.4 Å². The van der Waals surface area contributed by atoms with Crippen LogP contribution in [0.5, 0.6) is 5.75 Å². The van der Waals surface area contributed by atoms with Crippen molar-refractivity contribution in [2.75, 3.05) is 23.6 Å². The number of nitriles is 1. The van der Waals surface area contributed by atoms with E-state index < -0.39 is 0 Å². The lowest BCUT2D eigenvalue weighted by Gasteiger charge is -2.17. The molecule has 152 valence electrons. The van der Waals surface area contributed by atoms with E-state index in [9.17, 15) is 10.1 Å². The van der Waals surface area contributed by atoms with Crippen LogP contribution in [-0.2, 0) is 0 Å². The molecule has 0 aliphatic carbocycles. The summed E-state index contributed by atoms with van der Waals surface area (Å²) in [6.07, 6.45) is 0. The van der Waals surface area contributed by atoms with Crippen molar-refractivity contribution in [1.82, 2.24) is 0 Å². The first-order valence-corrected chi connectivity index (χ1v) is 10.6. The van der Waals surface area contributed by atoms with Gasteiger partial charge in [-0.1, -0.05) is 35.9 Å². The Balaban J connectivity index is 0.000000269. The van der Waals surface area contributed by atoms with Crippen LogP contribution < -0.4 is 15.4 Å². The third kappa shape index (κ3) is 4.68. The van der Waals surface area contributed by atoms with Crippen LogP contribution in [0.25, 0.3) is 0 Å². The Bertz CT molecular complexity index is 1110. The number of amides is 1. The largest absolute Gasteiger partial charge is 0.494 e. The van der Waals surface area contributed by atoms with Gasteiger partial charge in [0.2, 0.25) is 0 Å². The number of nitrogens with two attached hydrogens (primary N) is 1. The molecule has 0 aromatic heterocycles. The summed E-state index contributed by atoms with van der Waals surface area (Å²) in [7, 11) is 1.44. The second kappa shape index (κ2) is 9.81. The molecular formula is C22H18ClN3O2S2. The van der Waals surface area contributed by atoms with Crippen molar-refractivity contribution in [1.29, 1.82) is 5.26 Å². The smallest absolute Gasteiger partial charge is 0.259 e. The molecule has 4 rings (SSSR count). The zero-order chi connectivity index (χ0) is 21.7. The van der Waals surface area contributed by atoms with Crippen LogP contribution in [0.1, 0.15) is 15.9 Å². The van der Waals surface area contributed by atoms with Crippen molar-refractivity contribution in [3.63, 3.8) is 0 Å². The highest BCUT2D eigenvalue weighted by Gasteiger charge is 2.27. The fraction of sp³-hybridized carbons (Fsp3) is 0.0909. The third-order valence-electron chi connectivity index (χ3n) is 4.30. The van der Waals surface area contributed by atoms with Gasteiger partial charge >= 0.3 is 0 Å². The fourth-order valence-corrected chi connectivity index (χ4v) is 4.31. The van der Waals surface area contributed by atoms with E-state index in [1.807, 2.05) is 54.6 Å². The number of hydrogen-bond donors (Lipinski definition) is 2. The number of nitrogen functional groups attached to an aromatic ring is 1. The van der Waals surface area contributed by atoms with Gasteiger partial charge in [0.1, 0.15) is 6.07 Å². The SMILES string of the molecule is COc1c(Cl)cc(C(=O)N2CSc3ccccc32)cc1C#N.Nc1ccccc1S. The van der Waals surface area contributed by atoms with Crippen LogP contribution in [0.3, 0.4) is 0 Å². The summed E-state index contributed by atoms with van der Waals surface area (Å²) in [5.41, 5.74) is 7.68. The molecule has 1 amide bonds. The zero-order valence-electron chi connectivity index (χ0n) is 16.0. The molecule has 5 nitrogen and oxygen atoms in total. The summed E-state index contributed by atoms with van der Waals surface area (Å²) in [4.78, 5) is 16.3. The average molecular weight is 456 g/mol. The van der Waals surface area contributed by atoms with Crippen molar-refractivity contribution in [3.8, 4) is 11.8 Å². The molecule has 0 atom stereocenters. The number of para-hydroxylation sites is 2. The minimum atomic E-state index is -0.182. The summed E-state index contributed by atoms with van der Waals surface area (Å²) in [6, 6.07) is 20.2. The summed E-state index contributed by atoms with van der Waals surface area (Å²) in [5, 5.41) is 9.44. The molecule has 1 aliphatic rings. The number of benzene rings is 3. The summed E-state index contributed by atoms with van der Waals surface area (Å²) < 4.78 is 5.10. The summed E-state index contributed by atoms with van der Waals surface area (Å²) >= 11 is 11.8. The van der Waals surface area contributed by atoms with Crippen molar-refractivity contribution in [3.05, 3.63) is 76.8 Å². The van der Waals surface area contributed by atoms with Gasteiger partial charge in [-0.3, -0.25) is 9.69 Å². The number of thiol groups is 1. The maximum absolute atomic E-state index is 12.7. The van der Waals surface area contributed by atoms with Gasteiger partial charge in [0.15, 0.2) is 5.75 Å². The summed E-state index contributed by atoms with van der Waals surface area (Å²) in [6.45, 7) is 0. The number of rotatable bonds is 2. The second-order valence-corrected chi connectivity index (χ2v) is 8.06. The molecule has 3 aromatic rings. The maximum Gasteiger partial charge on any atom is 0.259 e. The second-order valence-electron chi connectivity index (χ2n) is 6.18. The lowest BCUT2D eigenvalue weighted by atomic mass is 10.1. The predicted molar refractivity (Wildman–Crippen MR) is 125 cm³/mol. The standard InChI is InChI=1S/C16H11ClN2O2S.C6H7NS/c1-21-15-11(8-18)6-10(7-12(15)17)16(20)19-9-22-14-5-3-2-4-13(14)19;7-5-3-1-2-4-6(5)8/h2-7H,9H2,1H3;1-4,8H,7H2. The first-order valence-electron chi connectivity index (χ1n) is 8.81. The van der Waals surface area contributed by atoms with E-state index in [1.54, 1.807) is 16.7 Å². The highest BCUT2D eigenvalue weighted by molar-refractivity contribution is 8.00. The molecule has 8 heteroatoms. The quantitative estimate of drug-likeness (QED) is 0.394. The molecule has 1 aliphatic heterocycles. The highest BCUT2D eigenvalue weighted by Crippen LogP contribution is 2.39. The van der Waals surface area contributed by atoms with Crippen LogP contribution in [-0.4, -0.2) is 18.9 Å². The van der Waals surface area contributed by atoms with E-state index in [0.717, 1.165) is 21.2 Å². The number of carbonyl (C=O) groups excluding carboxylic acids is 1. The van der Waals surface area contributed by atoms with Crippen molar-refractivity contribution < 1.29 is 9.53 Å². The van der Waals surface area contributed by atoms with Crippen LogP contribution in [0, 0.1) is 11.3 Å². The topological polar surface area (TPSA) is 79.3 Å². The number of nitrogens with zero attached hydrogens (tertiary/aromatic N) is 2. The van der Waals surface area contributed by atoms with E-state index in [1.165, 1.54) is 19.2 Å². The lowest BCUT2D eigenvalue weighted by molar-refractivity contribution is 0.0992. The molecule has 0 unspecified atom stereocenters. The Morgan fingerprint density at radius 3 is 2.57 bits per heavy atom. The van der Waals surface area contributed by atoms with Gasteiger partial charge in [-0.25, -0.2) is 0 Å². The van der Waals surface area contributed by atoms with E-state index in [-0.39, 0.29) is 22.2 Å². The first-order chi connectivity index (χ1) is 14.5. The Hall–Kier alpha value is -2.79. The van der Waals surface area contributed by atoms with Crippen molar-refractivity contribution in [2.45, 2.75) is 9.79 Å². The van der Waals surface area contributed by atoms with E-state index >= 15 is 0 Å². The number of anilines is 2. The number of ether oxygens (including phenoxy) is 1. The monoisotopic (exact) mass is 455 g/mol. The molecule has 0 saturated carbocycles. The maximum atomic E-state index is 12.7. The molecule has 0 radical (unpaired) electrons. The van der Waals surface area contributed by atoms with E-state index in [4.69, 9.17) is 22.1 Å². The van der Waals surface area contributed by atoms with Crippen molar-refractivity contribution in [2.24, 2.45) is 0 Å². The van der Waals surface area contributed by atoms with Gasteiger partial charge in [-0.2, -0.15) is 5.26 Å². The van der Waals surface area contributed by atoms with Gasteiger partial charge in [0.05, 0.1) is 29.3 Å². The van der Waals surface area contributed by atoms with Crippen LogP contribution in [0.15, 0.2) is 70.5 Å². The Kier molecular flexibility index (Phi) is 7.16. The van der Waals surface area contributed by atoms with Crippen molar-refractivity contribution >= 4 is 53.3 Å². The number of carbonyl (C=O) groups is 1. The number of fused-ring (bicyclic) bond motifs is 1. The van der Waals surface area contributed by atoms with Crippen LogP contribution >= 0.6 is 36.0 Å². The molecule has 0 spiro atoms. The van der Waals surface area contributed by atoms with Crippen LogP contribution in [0.2, 0.25) is 5.02 Å². The van der Waals surface area contributed by atoms with Gasteiger partial charge in [0.25, 0.3) is 5.91 Å². The third-order valence-corrected chi connectivity index (χ3v) is 6.03. The normalized spacial score (nSPS) is 11.7. The molecule has 2 N–H and O–H groups in total. The number of hydrogen-bond acceptors (Lipinski definition) is 6. The molecule has 0 fully saturated rings. The number of halogens is 1. The average Bonchev–Trinajstić information content (AvgIpc) is 3.19. The first kappa shape index (κ1) is 21.9. The Morgan fingerprint density at radius 1 is 1.23 bits per heavy atom. The molecule has 30 heavy (non-hydrogen) atoms. The van der Waals surface area contributed by atoms with Gasteiger partial charge in [-0.05, 0) is 36.4 Å². The molecule has 3 aromatic carbocycles. The molecule has 0 bridgehead atoms. The minimum Gasteiger partial charge on any atom is -0.494 e. The lowest BCUT2D eigenvalue weighted by Crippen LogP contribution is -2.27. The predicted octanol–water partition coefficient (Wildman–Crippen LogP) is 5.49. The van der Waals surface area contributed by atoms with Gasteiger partial charge in [0, 0.05) is 21.0 Å². The fourth-order valence-electron chi connectivity index (χ4n) is 2.82.